The second kappa shape index (κ2) is 37.8. The van der Waals surface area contributed by atoms with Crippen LogP contribution in [0.4, 0.5) is 0 Å². The summed E-state index contributed by atoms with van der Waals surface area (Å²) >= 11 is 15.2. The third-order valence-electron chi connectivity index (χ3n) is 27.0. The highest BCUT2D eigenvalue weighted by Gasteiger charge is 2.39. The number of nitrogens with zero attached hydrogens (tertiary/aromatic N) is 6. The van der Waals surface area contributed by atoms with Crippen molar-refractivity contribution in [1.29, 1.82) is 0 Å². The van der Waals surface area contributed by atoms with E-state index in [-0.39, 0.29) is 17.4 Å². The number of allylic oxidation sites excluding steroid dienone is 12. The highest BCUT2D eigenvalue weighted by molar-refractivity contribution is 6.32. The fraction of sp³-hybridized carbons (Fsp3) is 0.0233. The monoisotopic (exact) mass is 1820 g/mol. The maximum atomic E-state index is 12.9. The van der Waals surface area contributed by atoms with Crippen LogP contribution in [-0.4, -0.2) is 40.1 Å². The van der Waals surface area contributed by atoms with Gasteiger partial charge in [0.15, 0.2) is 0 Å². The Morgan fingerprint density at radius 3 is 0.914 bits per heavy atom. The first-order chi connectivity index (χ1) is 68.6. The van der Waals surface area contributed by atoms with Crippen LogP contribution in [-0.2, 0) is 0 Å². The summed E-state index contributed by atoms with van der Waals surface area (Å²) in [5.41, 5.74) is 39.4. The van der Waals surface area contributed by atoms with E-state index in [1.54, 1.807) is 12.1 Å². The van der Waals surface area contributed by atoms with Crippen molar-refractivity contribution in [2.45, 2.75) is 5.92 Å². The predicted octanol–water partition coefficient (Wildman–Crippen LogP) is 33.3. The molecule has 5 heterocycles. The second-order valence-corrected chi connectivity index (χ2v) is 36.0. The number of aromatic hydroxyl groups is 2. The largest absolute Gasteiger partial charge is 0.507 e. The van der Waals surface area contributed by atoms with Crippen molar-refractivity contribution < 1.29 is 10.2 Å². The van der Waals surface area contributed by atoms with Gasteiger partial charge in [-0.2, -0.15) is 0 Å². The van der Waals surface area contributed by atoms with Crippen LogP contribution < -0.4 is 0 Å². The molecule has 3 atom stereocenters. The Balaban J connectivity index is 0.603. The summed E-state index contributed by atoms with van der Waals surface area (Å²) in [6.07, 6.45) is 22.4. The number of hydrogen-bond acceptors (Lipinski definition) is 8. The van der Waals surface area contributed by atoms with E-state index in [2.05, 4.69) is 352 Å². The molecule has 0 spiro atoms. The van der Waals surface area contributed by atoms with Crippen LogP contribution in [0.25, 0.3) is 196 Å². The smallest absolute Gasteiger partial charge is 0.124 e. The van der Waals surface area contributed by atoms with E-state index in [0.717, 1.165) is 195 Å². The van der Waals surface area contributed by atoms with E-state index in [1.165, 1.54) is 6.33 Å². The molecule has 0 amide bonds. The fourth-order valence-electron chi connectivity index (χ4n) is 20.4. The average molecular weight is 1820 g/mol. The first-order valence-corrected chi connectivity index (χ1v) is 47.4. The van der Waals surface area contributed by atoms with Crippen molar-refractivity contribution >= 4 is 51.1 Å². The lowest BCUT2D eigenvalue weighted by Gasteiger charge is -2.27. The van der Waals surface area contributed by atoms with Crippen LogP contribution in [0.2, 0.25) is 5.02 Å². The zero-order valence-corrected chi connectivity index (χ0v) is 76.8. The number of rotatable bonds is 22. The van der Waals surface area contributed by atoms with Gasteiger partial charge in [-0.25, -0.2) is 9.97 Å². The van der Waals surface area contributed by atoms with Crippen molar-refractivity contribution in [3.05, 3.63) is 536 Å². The molecule has 0 fully saturated rings. The maximum absolute atomic E-state index is 12.9. The molecule has 23 rings (SSSR count). The minimum Gasteiger partial charge on any atom is -0.507 e. The van der Waals surface area contributed by atoms with Crippen molar-refractivity contribution in [1.82, 2.24) is 29.9 Å². The van der Waals surface area contributed by atoms with Gasteiger partial charge in [-0.1, -0.05) is 363 Å². The second-order valence-electron chi connectivity index (χ2n) is 35.1. The van der Waals surface area contributed by atoms with E-state index in [0.29, 0.717) is 43.7 Å². The van der Waals surface area contributed by atoms with Crippen LogP contribution in [0.5, 0.6) is 11.5 Å². The zero-order valence-electron chi connectivity index (χ0n) is 75.3. The standard InChI is InChI=1S/C129H86Cl2N6O2/c130-94-55-62-107(118(79-94)117-75-92(95-37-13-15-39-97(95)103-56-49-86(121-45-21-25-65-132-121)69-111(103)82-29-5-1-6-30-82)73-115(117)101-43-19-17-41-99(101)105-58-51-88(123-47-23-27-67-134-123)71-113(105)84-33-9-3-10-34-84)108-60-53-90(77-127(108)138)125-80-126(137-81-136-125)91-54-61-109(128(139)78-91)110-63-64-120(131)129(110)119-76-93(96-38-14-16-40-98(96)104-57-50-87(122-46-22-26-66-133-122)70-112(104)83-31-7-2-8-32-83)74-116(119)102-44-20-18-42-100(102)106-59-52-89(124-48-24-28-68-135-124)72-114(106)85-35-11-4-12-36-85/h1-81,117,119,129,138-139H. The zero-order chi connectivity index (χ0) is 93.2. The number of phenolic OH excluding ortho intramolecular Hbond substituents is 2. The van der Waals surface area contributed by atoms with Gasteiger partial charge in [0.05, 0.1) is 34.2 Å². The van der Waals surface area contributed by atoms with E-state index in [9.17, 15) is 10.2 Å². The first-order valence-electron chi connectivity index (χ1n) is 46.7. The topological polar surface area (TPSA) is 118 Å². The molecule has 20 aromatic rings. The molecule has 0 saturated heterocycles. The van der Waals surface area contributed by atoms with Crippen molar-refractivity contribution in [3.63, 3.8) is 0 Å². The molecule has 658 valence electrons. The normalized spacial score (nSPS) is 14.4. The Hall–Kier alpha value is -17.4. The lowest BCUT2D eigenvalue weighted by Crippen LogP contribution is -2.14. The fourth-order valence-corrected chi connectivity index (χ4v) is 20.9. The summed E-state index contributed by atoms with van der Waals surface area (Å²) in [6.45, 7) is 0. The van der Waals surface area contributed by atoms with Crippen molar-refractivity contribution in [2.24, 2.45) is 11.8 Å². The predicted molar refractivity (Wildman–Crippen MR) is 572 cm³/mol. The average Bonchev–Trinajstić information content (AvgIpc) is 1.62. The molecular formula is C129H86Cl2N6O2. The Morgan fingerprint density at radius 1 is 0.209 bits per heavy atom. The Kier molecular flexibility index (Phi) is 23.3. The number of benzene rings is 15. The molecule has 5 aromatic heterocycles. The summed E-state index contributed by atoms with van der Waals surface area (Å²) in [6, 6.07) is 147. The molecule has 0 saturated carbocycles. The van der Waals surface area contributed by atoms with Gasteiger partial charge in [0.25, 0.3) is 0 Å². The van der Waals surface area contributed by atoms with Crippen LogP contribution in [0.1, 0.15) is 39.3 Å². The number of hydrogen-bond donors (Lipinski definition) is 2. The number of halogens is 2. The molecule has 3 unspecified atom stereocenters. The van der Waals surface area contributed by atoms with Crippen LogP contribution >= 0.6 is 23.2 Å². The molecule has 15 aromatic carbocycles. The summed E-state index contributed by atoms with van der Waals surface area (Å²) < 4.78 is 0. The number of aromatic nitrogens is 6. The quantitative estimate of drug-likeness (QED) is 0.0689. The van der Waals surface area contributed by atoms with Crippen molar-refractivity contribution in [3.8, 4) is 179 Å². The molecule has 139 heavy (non-hydrogen) atoms. The molecule has 3 aliphatic rings. The van der Waals surface area contributed by atoms with Crippen LogP contribution in [0.3, 0.4) is 0 Å². The molecule has 2 N–H and O–H groups in total. The Bertz CT molecular complexity index is 8330. The molecule has 8 nitrogen and oxygen atoms in total. The maximum Gasteiger partial charge on any atom is 0.124 e. The lowest BCUT2D eigenvalue weighted by atomic mass is 9.77. The van der Waals surface area contributed by atoms with E-state index >= 15 is 0 Å². The number of phenols is 2. The Labute approximate surface area is 817 Å². The van der Waals surface area contributed by atoms with E-state index in [1.807, 2.05) is 122 Å². The minimum absolute atomic E-state index is 0.0440. The molecule has 0 aliphatic heterocycles. The summed E-state index contributed by atoms with van der Waals surface area (Å²) in [5.74, 6) is -1.11. The number of pyridine rings is 4. The highest BCUT2D eigenvalue weighted by atomic mass is 35.5. The van der Waals surface area contributed by atoms with E-state index in [4.69, 9.17) is 53.1 Å². The Morgan fingerprint density at radius 2 is 0.525 bits per heavy atom. The van der Waals surface area contributed by atoms with Crippen molar-refractivity contribution in [2.75, 3.05) is 0 Å². The molecule has 3 aliphatic carbocycles. The first kappa shape index (κ1) is 85.8. The lowest BCUT2D eigenvalue weighted by molar-refractivity contribution is 0.472. The molecule has 10 heteroatoms. The van der Waals surface area contributed by atoms with Gasteiger partial charge in [0.1, 0.15) is 17.8 Å². The van der Waals surface area contributed by atoms with Gasteiger partial charge < -0.3 is 10.2 Å². The molecule has 0 radical (unpaired) electrons. The molecular weight excluding hydrogens is 1740 g/mol. The summed E-state index contributed by atoms with van der Waals surface area (Å²) in [5, 5.41) is 27.0. The van der Waals surface area contributed by atoms with Gasteiger partial charge in [-0.15, -0.1) is 0 Å². The van der Waals surface area contributed by atoms with Gasteiger partial charge in [0, 0.05) is 97.1 Å². The van der Waals surface area contributed by atoms with Crippen LogP contribution in [0, 0.1) is 11.8 Å². The highest BCUT2D eigenvalue weighted by Crippen LogP contribution is 2.57. The van der Waals surface area contributed by atoms with Gasteiger partial charge in [-0.05, 0) is 272 Å². The van der Waals surface area contributed by atoms with Gasteiger partial charge >= 0.3 is 0 Å². The summed E-state index contributed by atoms with van der Waals surface area (Å²) in [7, 11) is 0. The third-order valence-corrected chi connectivity index (χ3v) is 27.6. The minimum atomic E-state index is -0.445. The van der Waals surface area contributed by atoms with Crippen LogP contribution in [0.15, 0.2) is 497 Å². The molecule has 0 bridgehead atoms. The summed E-state index contributed by atoms with van der Waals surface area (Å²) in [4.78, 5) is 28.9. The third kappa shape index (κ3) is 16.9. The SMILES string of the molecule is Oc1cc(-c2cc(-c3ccc(-c4ccc(Cl)cc4C4C=C(c5ccccc5-c5ccc(-c6ccccn6)cc5-c5ccccc5)C=C4c4ccccc4-c4ccc(-c5ccccn5)cc4-c4ccccc4)c(O)c3)ncn2)ccc1C1=CC=C(Cl)C1C1C=C(c2ccccc2-c2ccc(-c3ccccn3)cc2-c2ccccc2)C=C1c1ccccc1-c1ccc(-c2ccccn2)cc1-c1ccccc1. The van der Waals surface area contributed by atoms with Gasteiger partial charge in [-0.3, -0.25) is 19.9 Å². The van der Waals surface area contributed by atoms with Gasteiger partial charge in [0.2, 0.25) is 0 Å². The van der Waals surface area contributed by atoms with E-state index < -0.39 is 11.8 Å².